The first-order valence-electron chi connectivity index (χ1n) is 7.88. The average Bonchev–Trinajstić information content (AvgIpc) is 2.54. The Labute approximate surface area is 145 Å². The van der Waals surface area contributed by atoms with E-state index in [4.69, 9.17) is 4.74 Å². The van der Waals surface area contributed by atoms with Crippen molar-refractivity contribution in [3.8, 4) is 5.75 Å². The molecular weight excluding hydrogens is 325 g/mol. The van der Waals surface area contributed by atoms with Crippen molar-refractivity contribution in [2.75, 3.05) is 0 Å². The van der Waals surface area contributed by atoms with Crippen molar-refractivity contribution in [2.45, 2.75) is 32.4 Å². The number of aliphatic carboxylic acids is 1. The summed E-state index contributed by atoms with van der Waals surface area (Å²) in [6, 6.07) is 11.4. The lowest BCUT2D eigenvalue weighted by atomic mass is 10.0. The molecule has 0 radical (unpaired) electrons. The third kappa shape index (κ3) is 5.31. The molecule has 0 spiro atoms. The lowest BCUT2D eigenvalue weighted by Crippen LogP contribution is -2.34. The van der Waals surface area contributed by atoms with Gasteiger partial charge in [-0.2, -0.15) is 0 Å². The minimum absolute atomic E-state index is 0.00521. The van der Waals surface area contributed by atoms with E-state index in [9.17, 15) is 19.1 Å². The van der Waals surface area contributed by atoms with Crippen LogP contribution in [0, 0.1) is 5.82 Å². The number of carboxylic acid groups (broad SMARTS) is 1. The second-order valence-electron chi connectivity index (χ2n) is 5.82. The molecule has 132 valence electrons. The highest BCUT2D eigenvalue weighted by Crippen LogP contribution is 2.22. The topological polar surface area (TPSA) is 78.5 Å². The molecule has 1 atom stereocenters. The summed E-state index contributed by atoms with van der Waals surface area (Å²) in [5.41, 5.74) is 0.413. The van der Waals surface area contributed by atoms with E-state index in [1.807, 2.05) is 13.8 Å². The van der Waals surface area contributed by atoms with E-state index in [-0.39, 0.29) is 11.7 Å². The Morgan fingerprint density at radius 3 is 2.32 bits per heavy atom. The molecule has 1 amide bonds. The Morgan fingerprint density at radius 2 is 1.76 bits per heavy atom. The normalized spacial score (nSPS) is 11.8. The molecule has 0 bridgehead atoms. The van der Waals surface area contributed by atoms with E-state index in [1.165, 1.54) is 24.3 Å². The van der Waals surface area contributed by atoms with Crippen LogP contribution in [0.2, 0.25) is 0 Å². The van der Waals surface area contributed by atoms with E-state index in [2.05, 4.69) is 5.32 Å². The number of benzene rings is 2. The van der Waals surface area contributed by atoms with Gasteiger partial charge in [-0.15, -0.1) is 0 Å². The van der Waals surface area contributed by atoms with Gasteiger partial charge in [-0.3, -0.25) is 4.79 Å². The largest absolute Gasteiger partial charge is 0.550 e. The summed E-state index contributed by atoms with van der Waals surface area (Å²) in [6.07, 6.45) is -0.421. The van der Waals surface area contributed by atoms with E-state index in [0.29, 0.717) is 11.3 Å². The van der Waals surface area contributed by atoms with Gasteiger partial charge >= 0.3 is 0 Å². The number of nitrogens with one attached hydrogen (secondary N) is 1. The van der Waals surface area contributed by atoms with Crippen molar-refractivity contribution < 1.29 is 23.8 Å². The first-order valence-corrected chi connectivity index (χ1v) is 7.88. The van der Waals surface area contributed by atoms with Gasteiger partial charge in [0.25, 0.3) is 5.91 Å². The number of halogens is 1. The second kappa shape index (κ2) is 8.28. The van der Waals surface area contributed by atoms with Gasteiger partial charge in [0, 0.05) is 12.4 Å². The van der Waals surface area contributed by atoms with Crippen LogP contribution in [0.4, 0.5) is 4.39 Å². The van der Waals surface area contributed by atoms with Crippen molar-refractivity contribution in [1.82, 2.24) is 5.32 Å². The van der Waals surface area contributed by atoms with Gasteiger partial charge in [0.15, 0.2) is 0 Å². The maximum absolute atomic E-state index is 13.7. The molecule has 0 aliphatic carbocycles. The summed E-state index contributed by atoms with van der Waals surface area (Å²) >= 11 is 0. The molecule has 0 saturated heterocycles. The van der Waals surface area contributed by atoms with E-state index in [0.717, 1.165) is 0 Å². The van der Waals surface area contributed by atoms with Crippen molar-refractivity contribution in [3.63, 3.8) is 0 Å². The summed E-state index contributed by atoms with van der Waals surface area (Å²) in [4.78, 5) is 23.3. The first-order chi connectivity index (χ1) is 11.9. The molecule has 0 aliphatic heterocycles. The van der Waals surface area contributed by atoms with Crippen LogP contribution in [0.3, 0.4) is 0 Å². The second-order valence-corrected chi connectivity index (χ2v) is 5.82. The molecule has 0 aliphatic rings. The Kier molecular flexibility index (Phi) is 6.11. The Bertz CT molecular complexity index is 743. The fraction of sp³-hybridized carbons (Fsp3) is 0.263. The Morgan fingerprint density at radius 1 is 1.12 bits per heavy atom. The number of hydrogen-bond donors (Lipinski definition) is 1. The van der Waals surface area contributed by atoms with Gasteiger partial charge in [-0.1, -0.05) is 24.3 Å². The Hall–Kier alpha value is -2.89. The third-order valence-corrected chi connectivity index (χ3v) is 3.45. The lowest BCUT2D eigenvalue weighted by Gasteiger charge is -2.20. The van der Waals surface area contributed by atoms with Gasteiger partial charge in [-0.25, -0.2) is 4.39 Å². The molecule has 25 heavy (non-hydrogen) atoms. The summed E-state index contributed by atoms with van der Waals surface area (Å²) in [6.45, 7) is 3.78. The average molecular weight is 344 g/mol. The highest BCUT2D eigenvalue weighted by atomic mass is 19.1. The van der Waals surface area contributed by atoms with E-state index in [1.54, 1.807) is 24.3 Å². The highest BCUT2D eigenvalue weighted by molar-refractivity contribution is 5.94. The number of ether oxygens (including phenoxy) is 1. The maximum Gasteiger partial charge on any atom is 0.254 e. The molecule has 2 rings (SSSR count). The quantitative estimate of drug-likeness (QED) is 0.835. The maximum atomic E-state index is 13.7. The van der Waals surface area contributed by atoms with Gasteiger partial charge in [0.2, 0.25) is 0 Å². The molecule has 0 heterocycles. The van der Waals surface area contributed by atoms with E-state index < -0.39 is 30.2 Å². The van der Waals surface area contributed by atoms with Crippen LogP contribution in [0.15, 0.2) is 48.5 Å². The number of hydrogen-bond acceptors (Lipinski definition) is 4. The summed E-state index contributed by atoms with van der Waals surface area (Å²) < 4.78 is 19.3. The molecule has 1 unspecified atom stereocenters. The number of carbonyl (C=O) groups is 2. The molecule has 0 saturated carbocycles. The van der Waals surface area contributed by atoms with Crippen LogP contribution >= 0.6 is 0 Å². The number of rotatable bonds is 7. The van der Waals surface area contributed by atoms with Crippen LogP contribution in [0.25, 0.3) is 0 Å². The predicted octanol–water partition coefficient (Wildman–Crippen LogP) is 2.22. The minimum atomic E-state index is -1.32. The number of carboxylic acids is 1. The first kappa shape index (κ1) is 18.4. The number of carbonyl (C=O) groups excluding carboxylic acids is 2. The zero-order valence-electron chi connectivity index (χ0n) is 14.0. The van der Waals surface area contributed by atoms with Crippen molar-refractivity contribution in [2.24, 2.45) is 0 Å². The van der Waals surface area contributed by atoms with Gasteiger partial charge in [0.1, 0.15) is 11.6 Å². The molecule has 2 aromatic rings. The van der Waals surface area contributed by atoms with Crippen molar-refractivity contribution in [3.05, 3.63) is 65.5 Å². The van der Waals surface area contributed by atoms with Crippen molar-refractivity contribution in [1.29, 1.82) is 0 Å². The minimum Gasteiger partial charge on any atom is -0.550 e. The zero-order chi connectivity index (χ0) is 18.4. The molecule has 6 heteroatoms. The molecular formula is C19H19FNO4-. The SMILES string of the molecule is CC(C)Oc1ccc(C(CC(=O)[O-])NC(=O)c2ccccc2F)cc1. The number of amides is 1. The van der Waals surface area contributed by atoms with Gasteiger partial charge in [-0.05, 0) is 43.7 Å². The third-order valence-electron chi connectivity index (χ3n) is 3.45. The molecule has 0 aromatic heterocycles. The fourth-order valence-corrected chi connectivity index (χ4v) is 2.35. The monoisotopic (exact) mass is 344 g/mol. The van der Waals surface area contributed by atoms with Crippen LogP contribution in [0.5, 0.6) is 5.75 Å². The standard InChI is InChI=1S/C19H20FNO4/c1-12(2)25-14-9-7-13(8-10-14)17(11-18(22)23)21-19(24)15-5-3-4-6-16(15)20/h3-10,12,17H,11H2,1-2H3,(H,21,24)(H,22,23)/p-1. The zero-order valence-corrected chi connectivity index (χ0v) is 14.0. The molecule has 0 fully saturated rings. The molecule has 5 nitrogen and oxygen atoms in total. The highest BCUT2D eigenvalue weighted by Gasteiger charge is 2.18. The summed E-state index contributed by atoms with van der Waals surface area (Å²) in [5, 5.41) is 13.6. The van der Waals surface area contributed by atoms with Gasteiger partial charge < -0.3 is 20.0 Å². The summed E-state index contributed by atoms with van der Waals surface area (Å²) in [5.74, 6) is -2.05. The van der Waals surface area contributed by atoms with Crippen molar-refractivity contribution >= 4 is 11.9 Å². The van der Waals surface area contributed by atoms with Crippen LogP contribution < -0.4 is 15.2 Å². The smallest absolute Gasteiger partial charge is 0.254 e. The van der Waals surface area contributed by atoms with Crippen LogP contribution in [-0.4, -0.2) is 18.0 Å². The Balaban J connectivity index is 2.20. The lowest BCUT2D eigenvalue weighted by molar-refractivity contribution is -0.306. The summed E-state index contributed by atoms with van der Waals surface area (Å²) in [7, 11) is 0. The van der Waals surface area contributed by atoms with Crippen LogP contribution in [0.1, 0.15) is 42.2 Å². The predicted molar refractivity (Wildman–Crippen MR) is 88.4 cm³/mol. The van der Waals surface area contributed by atoms with Crippen LogP contribution in [-0.2, 0) is 4.79 Å². The van der Waals surface area contributed by atoms with E-state index >= 15 is 0 Å². The molecule has 1 N–H and O–H groups in total. The molecule has 2 aromatic carbocycles. The fourth-order valence-electron chi connectivity index (χ4n) is 2.35. The van der Waals surface area contributed by atoms with Gasteiger partial charge in [0.05, 0.1) is 17.7 Å².